The highest BCUT2D eigenvalue weighted by Crippen LogP contribution is 2.33. The number of carboxylic acid groups (broad SMARTS) is 1. The minimum absolute atomic E-state index is 0.262. The maximum atomic E-state index is 11.5. The monoisotopic (exact) mass is 355 g/mol. The number of aromatic nitrogens is 3. The summed E-state index contributed by atoms with van der Waals surface area (Å²) < 4.78 is 1.81. The number of carbonyl (C=O) groups is 1. The number of para-hydroxylation sites is 1. The van der Waals surface area contributed by atoms with Crippen LogP contribution in [0.15, 0.2) is 79.3 Å². The second-order valence-corrected chi connectivity index (χ2v) is 6.30. The van der Waals surface area contributed by atoms with Gasteiger partial charge in [-0.2, -0.15) is 5.10 Å². The molecule has 0 saturated heterocycles. The van der Waals surface area contributed by atoms with E-state index in [2.05, 4.69) is 4.98 Å². The topological polar surface area (TPSA) is 68.0 Å². The Morgan fingerprint density at radius 3 is 2.41 bits per heavy atom. The minimum Gasteiger partial charge on any atom is -0.478 e. The molecule has 0 amide bonds. The van der Waals surface area contributed by atoms with E-state index in [9.17, 15) is 9.90 Å². The zero-order valence-corrected chi connectivity index (χ0v) is 14.7. The van der Waals surface area contributed by atoms with Gasteiger partial charge in [-0.3, -0.25) is 4.98 Å². The summed E-state index contributed by atoms with van der Waals surface area (Å²) in [6.45, 7) is 1.89. The first kappa shape index (κ1) is 16.7. The van der Waals surface area contributed by atoms with Crippen molar-refractivity contribution >= 4 is 5.97 Å². The lowest BCUT2D eigenvalue weighted by molar-refractivity contribution is 0.0697. The first-order chi connectivity index (χ1) is 13.1. The molecular formula is C22H17N3O2. The fourth-order valence-electron chi connectivity index (χ4n) is 3.08. The zero-order chi connectivity index (χ0) is 18.8. The molecule has 0 saturated carbocycles. The molecule has 0 fully saturated rings. The van der Waals surface area contributed by atoms with Crippen LogP contribution in [-0.2, 0) is 0 Å². The van der Waals surface area contributed by atoms with Gasteiger partial charge >= 0.3 is 5.97 Å². The molecule has 5 heteroatoms. The van der Waals surface area contributed by atoms with E-state index in [1.54, 1.807) is 24.5 Å². The van der Waals surface area contributed by atoms with E-state index < -0.39 is 5.97 Å². The summed E-state index contributed by atoms with van der Waals surface area (Å²) in [5.74, 6) is -0.944. The Kier molecular flexibility index (Phi) is 4.26. The highest BCUT2D eigenvalue weighted by Gasteiger charge is 2.16. The van der Waals surface area contributed by atoms with Crippen LogP contribution in [0.1, 0.15) is 15.9 Å². The van der Waals surface area contributed by atoms with Crippen LogP contribution in [0, 0.1) is 6.92 Å². The van der Waals surface area contributed by atoms with Crippen molar-refractivity contribution in [1.29, 1.82) is 0 Å². The van der Waals surface area contributed by atoms with E-state index in [0.717, 1.165) is 33.6 Å². The van der Waals surface area contributed by atoms with Gasteiger partial charge in [-0.25, -0.2) is 9.48 Å². The van der Waals surface area contributed by atoms with Crippen molar-refractivity contribution in [3.63, 3.8) is 0 Å². The van der Waals surface area contributed by atoms with Crippen LogP contribution < -0.4 is 0 Å². The smallest absolute Gasteiger partial charge is 0.335 e. The van der Waals surface area contributed by atoms with E-state index >= 15 is 0 Å². The quantitative estimate of drug-likeness (QED) is 0.580. The largest absolute Gasteiger partial charge is 0.478 e. The molecule has 0 radical (unpaired) electrons. The molecule has 0 aliphatic carbocycles. The Balaban J connectivity index is 1.94. The lowest BCUT2D eigenvalue weighted by Crippen LogP contribution is -1.97. The van der Waals surface area contributed by atoms with Gasteiger partial charge in [0.15, 0.2) is 0 Å². The molecule has 5 nitrogen and oxygen atoms in total. The van der Waals surface area contributed by atoms with Crippen molar-refractivity contribution in [2.24, 2.45) is 0 Å². The number of hydrogen-bond donors (Lipinski definition) is 1. The zero-order valence-electron chi connectivity index (χ0n) is 14.7. The van der Waals surface area contributed by atoms with Gasteiger partial charge in [-0.1, -0.05) is 24.3 Å². The second kappa shape index (κ2) is 6.88. The van der Waals surface area contributed by atoms with Gasteiger partial charge in [-0.05, 0) is 54.4 Å². The van der Waals surface area contributed by atoms with Crippen LogP contribution in [-0.4, -0.2) is 25.8 Å². The summed E-state index contributed by atoms with van der Waals surface area (Å²) in [5.41, 5.74) is 5.48. The third-order valence-corrected chi connectivity index (χ3v) is 4.32. The molecule has 0 aliphatic rings. The molecule has 0 bridgehead atoms. The minimum atomic E-state index is -0.944. The van der Waals surface area contributed by atoms with Crippen molar-refractivity contribution in [3.05, 3.63) is 90.4 Å². The van der Waals surface area contributed by atoms with Crippen molar-refractivity contribution in [3.8, 4) is 28.1 Å². The van der Waals surface area contributed by atoms with Gasteiger partial charge in [0, 0.05) is 29.7 Å². The maximum absolute atomic E-state index is 11.5. The Hall–Kier alpha value is -3.73. The van der Waals surface area contributed by atoms with E-state index in [4.69, 9.17) is 5.10 Å². The van der Waals surface area contributed by atoms with Gasteiger partial charge in [0.2, 0.25) is 0 Å². The van der Waals surface area contributed by atoms with Crippen molar-refractivity contribution < 1.29 is 9.90 Å². The highest BCUT2D eigenvalue weighted by atomic mass is 16.4. The van der Waals surface area contributed by atoms with Crippen LogP contribution in [0.4, 0.5) is 0 Å². The number of aryl methyl sites for hydroxylation is 1. The van der Waals surface area contributed by atoms with Gasteiger partial charge in [0.25, 0.3) is 0 Å². The van der Waals surface area contributed by atoms with Crippen molar-refractivity contribution in [1.82, 2.24) is 14.8 Å². The van der Waals surface area contributed by atoms with Crippen LogP contribution in [0.2, 0.25) is 0 Å². The Labute approximate surface area is 156 Å². The van der Waals surface area contributed by atoms with Crippen LogP contribution in [0.3, 0.4) is 0 Å². The predicted molar refractivity (Wildman–Crippen MR) is 104 cm³/mol. The third kappa shape index (κ3) is 3.35. The molecule has 2 aromatic carbocycles. The van der Waals surface area contributed by atoms with Gasteiger partial charge in [0.1, 0.15) is 5.69 Å². The van der Waals surface area contributed by atoms with Crippen molar-refractivity contribution in [2.45, 2.75) is 6.92 Å². The molecule has 2 heterocycles. The average Bonchev–Trinajstić information content (AvgIpc) is 3.14. The fraction of sp³-hybridized carbons (Fsp3) is 0.0455. The first-order valence-corrected chi connectivity index (χ1v) is 8.52. The van der Waals surface area contributed by atoms with Crippen LogP contribution >= 0.6 is 0 Å². The molecule has 0 aliphatic heterocycles. The van der Waals surface area contributed by atoms with Crippen LogP contribution in [0.25, 0.3) is 28.1 Å². The molecule has 4 aromatic rings. The number of pyridine rings is 1. The normalized spacial score (nSPS) is 10.7. The van der Waals surface area contributed by atoms with E-state index in [0.29, 0.717) is 0 Å². The molecule has 0 atom stereocenters. The fourth-order valence-corrected chi connectivity index (χ4v) is 3.08. The number of rotatable bonds is 4. The van der Waals surface area contributed by atoms with Crippen molar-refractivity contribution in [2.75, 3.05) is 0 Å². The van der Waals surface area contributed by atoms with Gasteiger partial charge in [0.05, 0.1) is 11.3 Å². The number of hydrogen-bond acceptors (Lipinski definition) is 3. The lowest BCUT2D eigenvalue weighted by atomic mass is 9.98. The standard InChI is InChI=1S/C22H17N3O2/c1-15-11-17(13-18(12-15)22(26)27)20-14-25(19-5-3-2-4-6-19)24-21(20)16-7-9-23-10-8-16/h2-14H,1H3,(H,26,27). The SMILES string of the molecule is Cc1cc(C(=O)O)cc(-c2cn(-c3ccccc3)nc2-c2ccncc2)c1. The lowest BCUT2D eigenvalue weighted by Gasteiger charge is -2.06. The Bertz CT molecular complexity index is 1100. The second-order valence-electron chi connectivity index (χ2n) is 6.30. The van der Waals surface area contributed by atoms with E-state index in [1.165, 1.54) is 0 Å². The Morgan fingerprint density at radius 2 is 1.70 bits per heavy atom. The molecular weight excluding hydrogens is 338 g/mol. The third-order valence-electron chi connectivity index (χ3n) is 4.32. The summed E-state index contributed by atoms with van der Waals surface area (Å²) in [6, 6.07) is 18.9. The molecule has 4 rings (SSSR count). The molecule has 132 valence electrons. The maximum Gasteiger partial charge on any atom is 0.335 e. The molecule has 27 heavy (non-hydrogen) atoms. The number of aromatic carboxylic acids is 1. The Morgan fingerprint density at radius 1 is 0.963 bits per heavy atom. The summed E-state index contributed by atoms with van der Waals surface area (Å²) in [5, 5.41) is 14.2. The summed E-state index contributed by atoms with van der Waals surface area (Å²) >= 11 is 0. The number of carboxylic acids is 1. The van der Waals surface area contributed by atoms with Crippen LogP contribution in [0.5, 0.6) is 0 Å². The van der Waals surface area contributed by atoms with E-state index in [-0.39, 0.29) is 5.56 Å². The number of benzene rings is 2. The highest BCUT2D eigenvalue weighted by molar-refractivity contribution is 5.91. The van der Waals surface area contributed by atoms with Gasteiger partial charge < -0.3 is 5.11 Å². The van der Waals surface area contributed by atoms with E-state index in [1.807, 2.05) is 66.3 Å². The molecule has 2 aromatic heterocycles. The summed E-state index contributed by atoms with van der Waals surface area (Å²) in [4.78, 5) is 15.6. The molecule has 1 N–H and O–H groups in total. The number of nitrogens with zero attached hydrogens (tertiary/aromatic N) is 3. The van der Waals surface area contributed by atoms with Gasteiger partial charge in [-0.15, -0.1) is 0 Å². The summed E-state index contributed by atoms with van der Waals surface area (Å²) in [7, 11) is 0. The first-order valence-electron chi connectivity index (χ1n) is 8.52. The molecule has 0 spiro atoms. The molecule has 0 unspecified atom stereocenters. The average molecular weight is 355 g/mol. The summed E-state index contributed by atoms with van der Waals surface area (Å²) in [6.07, 6.45) is 5.38. The predicted octanol–water partition coefficient (Wildman–Crippen LogP) is 4.61.